The van der Waals surface area contributed by atoms with Crippen LogP contribution in [0.4, 0.5) is 20.3 Å². The molecule has 0 bridgehead atoms. The molecular weight excluding hydrogens is 616 g/mol. The molecule has 1 aliphatic carbocycles. The number of amides is 2. The van der Waals surface area contributed by atoms with Crippen molar-refractivity contribution < 1.29 is 26.8 Å². The second kappa shape index (κ2) is 12.8. The second-order valence-electron chi connectivity index (χ2n) is 11.9. The Morgan fingerprint density at radius 3 is 2.30 bits per heavy atom. The molecule has 44 heavy (non-hydrogen) atoms. The van der Waals surface area contributed by atoms with E-state index in [1.807, 2.05) is 0 Å². The molecule has 0 radical (unpaired) electrons. The van der Waals surface area contributed by atoms with Crippen LogP contribution >= 0.6 is 11.6 Å². The van der Waals surface area contributed by atoms with Gasteiger partial charge in [0.15, 0.2) is 0 Å². The highest BCUT2D eigenvalue weighted by molar-refractivity contribution is 7.89. The van der Waals surface area contributed by atoms with E-state index in [-0.39, 0.29) is 90.8 Å². The number of halogens is 3. The van der Waals surface area contributed by atoms with Crippen molar-refractivity contribution in [3.8, 4) is 0 Å². The molecule has 3 aliphatic rings. The molecular formula is C29H38ClF2N7O4S. The third-order valence-corrected chi connectivity index (χ3v) is 10.8. The van der Waals surface area contributed by atoms with Crippen molar-refractivity contribution >= 4 is 44.9 Å². The number of nitrogens with one attached hydrogen (secondary N) is 1. The fraction of sp³-hybridized carbons (Fsp3) is 0.552. The quantitative estimate of drug-likeness (QED) is 0.367. The van der Waals surface area contributed by atoms with Crippen LogP contribution in [0.1, 0.15) is 44.6 Å². The second-order valence-corrected chi connectivity index (χ2v) is 14.2. The van der Waals surface area contributed by atoms with Crippen LogP contribution in [0.25, 0.3) is 0 Å². The van der Waals surface area contributed by atoms with E-state index < -0.39 is 27.9 Å². The normalized spacial score (nSPS) is 24.4. The Kier molecular flexibility index (Phi) is 9.47. The van der Waals surface area contributed by atoms with E-state index in [9.17, 15) is 18.0 Å². The summed E-state index contributed by atoms with van der Waals surface area (Å²) >= 11 is 6.21. The summed E-state index contributed by atoms with van der Waals surface area (Å²) in [6, 6.07) is 7.57. The van der Waals surface area contributed by atoms with Gasteiger partial charge in [0.2, 0.25) is 21.8 Å². The Morgan fingerprint density at radius 1 is 1.09 bits per heavy atom. The molecule has 2 aliphatic heterocycles. The van der Waals surface area contributed by atoms with Crippen LogP contribution < -0.4 is 26.6 Å². The minimum Gasteiger partial charge on any atom is -0.354 e. The smallest absolute Gasteiger partial charge is 0.276 e. The Labute approximate surface area is 260 Å². The topological polar surface area (TPSA) is 155 Å². The van der Waals surface area contributed by atoms with Gasteiger partial charge in [-0.2, -0.15) is 4.31 Å². The number of hydrogen-bond acceptors (Lipinski definition) is 8. The van der Waals surface area contributed by atoms with Gasteiger partial charge < -0.3 is 26.6 Å². The minimum atomic E-state index is -3.82. The van der Waals surface area contributed by atoms with Gasteiger partial charge in [-0.1, -0.05) is 11.6 Å². The maximum atomic E-state index is 15.7. The number of pyridine rings is 1. The number of nitrogens with two attached hydrogens (primary N) is 2. The molecule has 3 fully saturated rings. The lowest BCUT2D eigenvalue weighted by atomic mass is 9.80. The SMILES string of the molecule is CC(N)C(=O)NC1CCC(C(F)(F)c2cc(Cl)nc(N3CCN(S(=O)(=O)c4ccc(N5C[C@H](N)CC5=O)cc4)CC3)c2)CC1. The highest BCUT2D eigenvalue weighted by atomic mass is 35.5. The van der Waals surface area contributed by atoms with E-state index in [1.54, 1.807) is 28.9 Å². The molecule has 240 valence electrons. The lowest BCUT2D eigenvalue weighted by Gasteiger charge is -2.36. The summed E-state index contributed by atoms with van der Waals surface area (Å²) in [6.45, 7) is 2.68. The number of rotatable bonds is 8. The first-order chi connectivity index (χ1) is 20.8. The minimum absolute atomic E-state index is 0.0670. The molecule has 15 heteroatoms. The summed E-state index contributed by atoms with van der Waals surface area (Å²) < 4.78 is 59.5. The van der Waals surface area contributed by atoms with Gasteiger partial charge in [0.05, 0.1) is 10.9 Å². The Bertz CT molecular complexity index is 1480. The largest absolute Gasteiger partial charge is 0.354 e. The molecule has 1 aromatic carbocycles. The van der Waals surface area contributed by atoms with Crippen LogP contribution in [0.3, 0.4) is 0 Å². The first-order valence-electron chi connectivity index (χ1n) is 14.8. The highest BCUT2D eigenvalue weighted by Gasteiger charge is 2.44. The number of anilines is 2. The standard InChI is InChI=1S/C29H38ClF2N7O4S/c1-18(33)28(41)35-22-4-2-19(3-5-22)29(31,32)20-14-25(30)36-26(15-20)37-10-12-38(13-11-37)44(42,43)24-8-6-23(7-9-24)39-17-21(34)16-27(39)40/h6-9,14-15,18-19,21-22H,2-5,10-13,16-17,33-34H2,1H3,(H,35,41)/t18?,19?,21-,22?/m1/s1. The van der Waals surface area contributed by atoms with Crippen LogP contribution in [-0.2, 0) is 25.5 Å². The summed E-state index contributed by atoms with van der Waals surface area (Å²) in [5, 5.41) is 2.75. The van der Waals surface area contributed by atoms with Gasteiger partial charge in [-0.05, 0) is 69.0 Å². The number of carbonyl (C=O) groups excluding carboxylic acids is 2. The number of alkyl halides is 2. The van der Waals surface area contributed by atoms with Gasteiger partial charge in [0.1, 0.15) is 11.0 Å². The van der Waals surface area contributed by atoms with Crippen LogP contribution in [0.15, 0.2) is 41.3 Å². The van der Waals surface area contributed by atoms with Gasteiger partial charge in [-0.15, -0.1) is 0 Å². The molecule has 2 amide bonds. The maximum absolute atomic E-state index is 15.7. The third kappa shape index (κ3) is 6.84. The molecule has 11 nitrogen and oxygen atoms in total. The van der Waals surface area contributed by atoms with E-state index >= 15 is 8.78 Å². The van der Waals surface area contributed by atoms with Crippen LogP contribution in [0.5, 0.6) is 0 Å². The molecule has 5 rings (SSSR count). The highest BCUT2D eigenvalue weighted by Crippen LogP contribution is 2.45. The summed E-state index contributed by atoms with van der Waals surface area (Å²) in [5.74, 6) is -4.22. The number of carbonyl (C=O) groups is 2. The zero-order valence-electron chi connectivity index (χ0n) is 24.5. The lowest BCUT2D eigenvalue weighted by Crippen LogP contribution is -2.49. The van der Waals surface area contributed by atoms with Crippen molar-refractivity contribution in [2.24, 2.45) is 17.4 Å². The molecule has 3 heterocycles. The molecule has 1 saturated carbocycles. The van der Waals surface area contributed by atoms with Crippen molar-refractivity contribution in [3.05, 3.63) is 47.1 Å². The Balaban J connectivity index is 1.22. The maximum Gasteiger partial charge on any atom is 0.276 e. The molecule has 1 unspecified atom stereocenters. The molecule has 2 aromatic rings. The third-order valence-electron chi connectivity index (χ3n) is 8.67. The summed E-state index contributed by atoms with van der Waals surface area (Å²) in [7, 11) is -3.82. The fourth-order valence-corrected chi connectivity index (χ4v) is 7.72. The zero-order valence-corrected chi connectivity index (χ0v) is 26.0. The van der Waals surface area contributed by atoms with Crippen LogP contribution in [0.2, 0.25) is 5.15 Å². The molecule has 2 atom stereocenters. The van der Waals surface area contributed by atoms with Gasteiger partial charge in [0, 0.05) is 68.4 Å². The fourth-order valence-electron chi connectivity index (χ4n) is 6.10. The Morgan fingerprint density at radius 2 is 1.73 bits per heavy atom. The van der Waals surface area contributed by atoms with E-state index in [1.165, 1.54) is 28.6 Å². The van der Waals surface area contributed by atoms with Crippen LogP contribution in [0, 0.1) is 5.92 Å². The zero-order chi connectivity index (χ0) is 31.8. The number of aromatic nitrogens is 1. The van der Waals surface area contributed by atoms with E-state index in [0.717, 1.165) is 0 Å². The number of piperazine rings is 1. The van der Waals surface area contributed by atoms with Gasteiger partial charge in [-0.25, -0.2) is 22.2 Å². The molecule has 2 saturated heterocycles. The average Bonchev–Trinajstić information content (AvgIpc) is 3.34. The van der Waals surface area contributed by atoms with Crippen LogP contribution in [-0.4, -0.2) is 80.4 Å². The van der Waals surface area contributed by atoms with Gasteiger partial charge in [0.25, 0.3) is 5.92 Å². The van der Waals surface area contributed by atoms with E-state index in [4.69, 9.17) is 23.1 Å². The summed E-state index contributed by atoms with van der Waals surface area (Å²) in [4.78, 5) is 31.7. The number of nitrogens with zero attached hydrogens (tertiary/aromatic N) is 4. The van der Waals surface area contributed by atoms with Crippen molar-refractivity contribution in [2.45, 2.75) is 68.0 Å². The van der Waals surface area contributed by atoms with E-state index in [0.29, 0.717) is 25.1 Å². The van der Waals surface area contributed by atoms with Crippen molar-refractivity contribution in [3.63, 3.8) is 0 Å². The average molecular weight is 654 g/mol. The van der Waals surface area contributed by atoms with E-state index in [2.05, 4.69) is 10.3 Å². The molecule has 5 N–H and O–H groups in total. The monoisotopic (exact) mass is 653 g/mol. The summed E-state index contributed by atoms with van der Waals surface area (Å²) in [6.07, 6.45) is 1.56. The van der Waals surface area contributed by atoms with Crippen molar-refractivity contribution in [1.82, 2.24) is 14.6 Å². The van der Waals surface area contributed by atoms with Crippen molar-refractivity contribution in [2.75, 3.05) is 42.5 Å². The predicted molar refractivity (Wildman–Crippen MR) is 163 cm³/mol. The van der Waals surface area contributed by atoms with Gasteiger partial charge in [-0.3, -0.25) is 9.59 Å². The van der Waals surface area contributed by atoms with Crippen molar-refractivity contribution in [1.29, 1.82) is 0 Å². The molecule has 1 aromatic heterocycles. The molecule has 0 spiro atoms. The number of sulfonamides is 1. The predicted octanol–water partition coefficient (Wildman–Crippen LogP) is 2.42. The number of benzene rings is 1. The first-order valence-corrected chi connectivity index (χ1v) is 16.6. The number of hydrogen-bond donors (Lipinski definition) is 3. The first kappa shape index (κ1) is 32.5. The summed E-state index contributed by atoms with van der Waals surface area (Å²) in [5.41, 5.74) is 11.8. The lowest BCUT2D eigenvalue weighted by molar-refractivity contribution is -0.123. The van der Waals surface area contributed by atoms with Gasteiger partial charge >= 0.3 is 0 Å². The Hall–Kier alpha value is -2.91.